The van der Waals surface area contributed by atoms with Crippen LogP contribution >= 0.6 is 34.2 Å². The minimum atomic E-state index is 0.366. The Morgan fingerprint density at radius 3 is 2.41 bits per heavy atom. The highest BCUT2D eigenvalue weighted by Crippen LogP contribution is 2.38. The Hall–Kier alpha value is 0.200. The van der Waals surface area contributed by atoms with E-state index in [0.717, 1.165) is 19.0 Å². The normalized spacial score (nSPS) is 18.5. The van der Waals surface area contributed by atoms with Crippen LogP contribution in [0.4, 0.5) is 0 Å². The average Bonchev–Trinajstić information content (AvgIpc) is 2.81. The Morgan fingerprint density at radius 1 is 1.18 bits per heavy atom. The molecule has 1 aromatic carbocycles. The van der Waals surface area contributed by atoms with E-state index in [-0.39, 0.29) is 0 Å². The van der Waals surface area contributed by atoms with Crippen molar-refractivity contribution in [1.29, 1.82) is 0 Å². The van der Waals surface area contributed by atoms with Crippen LogP contribution in [0.5, 0.6) is 0 Å². The molecule has 0 unspecified atom stereocenters. The summed E-state index contributed by atoms with van der Waals surface area (Å²) < 4.78 is 1.29. The number of nitrogens with one attached hydrogen (secondary N) is 1. The summed E-state index contributed by atoms with van der Waals surface area (Å²) in [6.45, 7) is 2.01. The number of hydrogen-bond acceptors (Lipinski definition) is 1. The van der Waals surface area contributed by atoms with Crippen molar-refractivity contribution in [2.75, 3.05) is 12.4 Å². The van der Waals surface area contributed by atoms with Crippen molar-refractivity contribution < 1.29 is 0 Å². The third kappa shape index (κ3) is 3.83. The second-order valence-corrected chi connectivity index (χ2v) is 6.58. The number of rotatable bonds is 5. The van der Waals surface area contributed by atoms with Gasteiger partial charge in [0.05, 0.1) is 0 Å². The first-order chi connectivity index (χ1) is 8.24. The van der Waals surface area contributed by atoms with E-state index < -0.39 is 0 Å². The second kappa shape index (κ2) is 6.39. The molecule has 0 spiro atoms. The van der Waals surface area contributed by atoms with Crippen molar-refractivity contribution in [2.45, 2.75) is 32.2 Å². The summed E-state index contributed by atoms with van der Waals surface area (Å²) in [4.78, 5) is 0. The fraction of sp³-hybridized carbons (Fsp3) is 0.571. The van der Waals surface area contributed by atoms with Crippen molar-refractivity contribution in [3.05, 3.63) is 33.4 Å². The van der Waals surface area contributed by atoms with Crippen molar-refractivity contribution in [1.82, 2.24) is 5.32 Å². The molecule has 0 amide bonds. The van der Waals surface area contributed by atoms with Crippen LogP contribution in [0.15, 0.2) is 24.3 Å². The third-order valence-electron chi connectivity index (χ3n) is 3.69. The van der Waals surface area contributed by atoms with E-state index in [0.29, 0.717) is 5.41 Å². The number of benzene rings is 1. The van der Waals surface area contributed by atoms with Gasteiger partial charge in [-0.3, -0.25) is 0 Å². The molecule has 1 aliphatic rings. The van der Waals surface area contributed by atoms with Crippen LogP contribution in [0.3, 0.4) is 0 Å². The minimum Gasteiger partial charge on any atom is -0.312 e. The molecule has 1 aliphatic carbocycles. The molecule has 0 aromatic heterocycles. The van der Waals surface area contributed by atoms with Crippen LogP contribution in [0.1, 0.15) is 31.2 Å². The van der Waals surface area contributed by atoms with Crippen molar-refractivity contribution in [2.24, 2.45) is 5.41 Å². The molecule has 0 atom stereocenters. The minimum absolute atomic E-state index is 0.366. The molecule has 2 rings (SSSR count). The lowest BCUT2D eigenvalue weighted by molar-refractivity contribution is 0.320. The molecule has 0 bridgehead atoms. The molecular formula is C14H19ClIN. The second-order valence-electron chi connectivity index (χ2n) is 5.07. The standard InChI is InChI=1S/C14H19ClIN/c15-10-14(7-1-2-8-14)11-17-9-12-3-5-13(16)6-4-12/h3-6,17H,1-2,7-11H2. The zero-order chi connectivity index (χ0) is 12.1. The van der Waals surface area contributed by atoms with E-state index in [9.17, 15) is 0 Å². The van der Waals surface area contributed by atoms with Crippen LogP contribution in [-0.4, -0.2) is 12.4 Å². The monoisotopic (exact) mass is 363 g/mol. The smallest absolute Gasteiger partial charge is 0.0292 e. The Morgan fingerprint density at radius 2 is 1.82 bits per heavy atom. The molecule has 1 saturated carbocycles. The summed E-state index contributed by atoms with van der Waals surface area (Å²) in [5, 5.41) is 3.57. The zero-order valence-electron chi connectivity index (χ0n) is 10.0. The molecule has 17 heavy (non-hydrogen) atoms. The van der Waals surface area contributed by atoms with E-state index in [1.165, 1.54) is 34.8 Å². The summed E-state index contributed by atoms with van der Waals surface area (Å²) in [5.41, 5.74) is 1.72. The van der Waals surface area contributed by atoms with Gasteiger partial charge in [-0.2, -0.15) is 0 Å². The lowest BCUT2D eigenvalue weighted by Gasteiger charge is -2.26. The maximum atomic E-state index is 6.13. The quantitative estimate of drug-likeness (QED) is 0.611. The van der Waals surface area contributed by atoms with Gasteiger partial charge in [0.25, 0.3) is 0 Å². The van der Waals surface area contributed by atoms with Gasteiger partial charge in [-0.05, 0) is 58.5 Å². The summed E-state index contributed by atoms with van der Waals surface area (Å²) in [5.74, 6) is 0.798. The summed E-state index contributed by atoms with van der Waals surface area (Å²) >= 11 is 8.46. The fourth-order valence-electron chi connectivity index (χ4n) is 2.56. The Labute approximate surface area is 122 Å². The molecular weight excluding hydrogens is 345 g/mol. The van der Waals surface area contributed by atoms with Crippen LogP contribution in [0, 0.1) is 8.99 Å². The average molecular weight is 364 g/mol. The van der Waals surface area contributed by atoms with Gasteiger partial charge in [-0.1, -0.05) is 25.0 Å². The predicted octanol–water partition coefficient (Wildman–Crippen LogP) is 4.18. The maximum Gasteiger partial charge on any atom is 0.0292 e. The van der Waals surface area contributed by atoms with Crippen molar-refractivity contribution in [3.63, 3.8) is 0 Å². The number of hydrogen-bond donors (Lipinski definition) is 1. The first-order valence-corrected chi connectivity index (χ1v) is 7.87. The molecule has 0 aliphatic heterocycles. The van der Waals surface area contributed by atoms with Crippen molar-refractivity contribution in [3.8, 4) is 0 Å². The van der Waals surface area contributed by atoms with Gasteiger partial charge >= 0.3 is 0 Å². The first kappa shape index (κ1) is 13.6. The van der Waals surface area contributed by atoms with Gasteiger partial charge in [-0.15, -0.1) is 11.6 Å². The SMILES string of the molecule is ClCC1(CNCc2ccc(I)cc2)CCCC1. The topological polar surface area (TPSA) is 12.0 Å². The Balaban J connectivity index is 1.80. The van der Waals surface area contributed by atoms with Gasteiger partial charge in [0.15, 0.2) is 0 Å². The lowest BCUT2D eigenvalue weighted by Crippen LogP contribution is -2.33. The van der Waals surface area contributed by atoms with E-state index in [2.05, 4.69) is 52.2 Å². The molecule has 1 fully saturated rings. The molecule has 0 heterocycles. The molecule has 1 aromatic rings. The fourth-order valence-corrected chi connectivity index (χ4v) is 3.28. The van der Waals surface area contributed by atoms with Gasteiger partial charge < -0.3 is 5.32 Å². The largest absolute Gasteiger partial charge is 0.312 e. The van der Waals surface area contributed by atoms with E-state index in [1.807, 2.05) is 0 Å². The third-order valence-corrected chi connectivity index (χ3v) is 4.98. The lowest BCUT2D eigenvalue weighted by atomic mass is 9.88. The maximum absolute atomic E-state index is 6.13. The number of halogens is 2. The van der Waals surface area contributed by atoms with Crippen LogP contribution < -0.4 is 5.32 Å². The van der Waals surface area contributed by atoms with Crippen LogP contribution in [0.25, 0.3) is 0 Å². The van der Waals surface area contributed by atoms with Gasteiger partial charge in [0, 0.05) is 22.5 Å². The predicted molar refractivity (Wildman–Crippen MR) is 82.5 cm³/mol. The molecule has 0 saturated heterocycles. The van der Waals surface area contributed by atoms with E-state index in [4.69, 9.17) is 11.6 Å². The highest BCUT2D eigenvalue weighted by molar-refractivity contribution is 14.1. The Kier molecular flexibility index (Phi) is 5.12. The molecule has 0 radical (unpaired) electrons. The van der Waals surface area contributed by atoms with E-state index in [1.54, 1.807) is 0 Å². The summed E-state index contributed by atoms with van der Waals surface area (Å²) in [6, 6.07) is 8.70. The number of alkyl halides is 1. The molecule has 3 heteroatoms. The van der Waals surface area contributed by atoms with Gasteiger partial charge in [-0.25, -0.2) is 0 Å². The van der Waals surface area contributed by atoms with Crippen molar-refractivity contribution >= 4 is 34.2 Å². The Bertz CT molecular complexity index is 344. The summed E-state index contributed by atoms with van der Waals surface area (Å²) in [7, 11) is 0. The highest BCUT2D eigenvalue weighted by atomic mass is 127. The van der Waals surface area contributed by atoms with E-state index >= 15 is 0 Å². The van der Waals surface area contributed by atoms with Gasteiger partial charge in [0.2, 0.25) is 0 Å². The van der Waals surface area contributed by atoms with Crippen LogP contribution in [-0.2, 0) is 6.54 Å². The first-order valence-electron chi connectivity index (χ1n) is 6.25. The van der Waals surface area contributed by atoms with Crippen LogP contribution in [0.2, 0.25) is 0 Å². The van der Waals surface area contributed by atoms with Gasteiger partial charge in [0.1, 0.15) is 0 Å². The molecule has 1 nitrogen and oxygen atoms in total. The molecule has 94 valence electrons. The highest BCUT2D eigenvalue weighted by Gasteiger charge is 2.32. The zero-order valence-corrected chi connectivity index (χ0v) is 12.9. The molecule has 1 N–H and O–H groups in total. The summed E-state index contributed by atoms with van der Waals surface area (Å²) in [6.07, 6.45) is 5.27.